The van der Waals surface area contributed by atoms with Crippen LogP contribution in [0.3, 0.4) is 0 Å². The number of carbonyl (C=O) groups is 1. The van der Waals surface area contributed by atoms with E-state index in [9.17, 15) is 13.6 Å². The number of nitrogens with two attached hydrogens (primary N) is 2. The number of pyridine rings is 1. The second-order valence-corrected chi connectivity index (χ2v) is 7.27. The van der Waals surface area contributed by atoms with Crippen LogP contribution in [-0.4, -0.2) is 35.9 Å². The Balaban J connectivity index is 1.84. The van der Waals surface area contributed by atoms with Crippen molar-refractivity contribution in [1.29, 1.82) is 0 Å². The average Bonchev–Trinajstić information content (AvgIpc) is 3.11. The second kappa shape index (κ2) is 8.65. The van der Waals surface area contributed by atoms with Crippen LogP contribution in [0.4, 0.5) is 25.2 Å². The van der Waals surface area contributed by atoms with Crippen LogP contribution in [0.15, 0.2) is 36.5 Å². The highest BCUT2D eigenvalue weighted by Crippen LogP contribution is 2.29. The quantitative estimate of drug-likeness (QED) is 0.346. The van der Waals surface area contributed by atoms with E-state index in [2.05, 4.69) is 25.4 Å². The van der Waals surface area contributed by atoms with Gasteiger partial charge in [-0.15, -0.1) is 0 Å². The number of amides is 1. The topological polar surface area (TPSA) is 158 Å². The fraction of sp³-hybridized carbons (Fsp3) is 0.190. The Labute approximate surface area is 186 Å². The summed E-state index contributed by atoms with van der Waals surface area (Å²) in [6.07, 6.45) is 0.242. The maximum atomic E-state index is 14.2. The molecular weight excluding hydrogens is 434 g/mol. The van der Waals surface area contributed by atoms with Crippen molar-refractivity contribution in [1.82, 2.24) is 30.0 Å². The van der Waals surface area contributed by atoms with Gasteiger partial charge in [-0.25, -0.2) is 18.6 Å². The molecule has 0 saturated heterocycles. The number of benzene rings is 1. The van der Waals surface area contributed by atoms with Gasteiger partial charge in [0.25, 0.3) is 5.95 Å². The molecule has 0 spiro atoms. The number of rotatable bonds is 6. The molecule has 4 rings (SSSR count). The summed E-state index contributed by atoms with van der Waals surface area (Å²) in [5, 5.41) is 15.8. The third-order valence-corrected chi connectivity index (χ3v) is 5.11. The van der Waals surface area contributed by atoms with E-state index in [1.807, 2.05) is 0 Å². The molecule has 4 aromatic rings. The lowest BCUT2D eigenvalue weighted by molar-refractivity contribution is 0.189. The number of aromatic nitrogens is 5. The van der Waals surface area contributed by atoms with E-state index < -0.39 is 23.8 Å². The summed E-state index contributed by atoms with van der Waals surface area (Å²) >= 11 is 0. The van der Waals surface area contributed by atoms with Crippen LogP contribution in [0.25, 0.3) is 17.0 Å². The molecule has 1 amide bonds. The van der Waals surface area contributed by atoms with Crippen LogP contribution < -0.4 is 16.8 Å². The minimum Gasteiger partial charge on any atom is -0.465 e. The summed E-state index contributed by atoms with van der Waals surface area (Å²) in [6.45, 7) is 1.75. The molecule has 0 fully saturated rings. The summed E-state index contributed by atoms with van der Waals surface area (Å²) in [5.41, 5.74) is 13.8. The van der Waals surface area contributed by atoms with Gasteiger partial charge in [-0.05, 0) is 18.1 Å². The Morgan fingerprint density at radius 3 is 2.55 bits per heavy atom. The first kappa shape index (κ1) is 21.9. The molecule has 10 nitrogen and oxygen atoms in total. The van der Waals surface area contributed by atoms with E-state index >= 15 is 0 Å². The molecule has 170 valence electrons. The number of halogens is 2. The van der Waals surface area contributed by atoms with Crippen molar-refractivity contribution < 1.29 is 18.7 Å². The van der Waals surface area contributed by atoms with Gasteiger partial charge in [-0.2, -0.15) is 19.7 Å². The zero-order chi connectivity index (χ0) is 23.7. The predicted molar refractivity (Wildman–Crippen MR) is 117 cm³/mol. The third kappa shape index (κ3) is 4.22. The first-order valence-corrected chi connectivity index (χ1v) is 9.97. The minimum atomic E-state index is -1.25. The van der Waals surface area contributed by atoms with Gasteiger partial charge < -0.3 is 21.9 Å². The molecule has 33 heavy (non-hydrogen) atoms. The lowest BCUT2D eigenvalue weighted by Crippen LogP contribution is -2.28. The Bertz CT molecular complexity index is 1330. The normalized spacial score (nSPS) is 12.1. The number of nitrogen functional groups attached to an aromatic ring is 2. The summed E-state index contributed by atoms with van der Waals surface area (Å²) in [7, 11) is 0. The van der Waals surface area contributed by atoms with Crippen molar-refractivity contribution in [2.75, 3.05) is 11.5 Å². The predicted octanol–water partition coefficient (Wildman–Crippen LogP) is 2.96. The van der Waals surface area contributed by atoms with Gasteiger partial charge >= 0.3 is 6.09 Å². The molecule has 1 aromatic carbocycles. The molecule has 0 aliphatic heterocycles. The molecule has 12 heteroatoms. The zero-order valence-corrected chi connectivity index (χ0v) is 17.5. The highest BCUT2D eigenvalue weighted by molar-refractivity contribution is 5.79. The fourth-order valence-corrected chi connectivity index (χ4v) is 3.60. The monoisotopic (exact) mass is 454 g/mol. The largest absolute Gasteiger partial charge is 0.465 e. The van der Waals surface area contributed by atoms with Crippen LogP contribution in [0.2, 0.25) is 0 Å². The van der Waals surface area contributed by atoms with E-state index in [4.69, 9.17) is 16.6 Å². The standard InChI is InChI=1S/C21H20F2N8O2/c1-2-13(27-21(32)33)16-18(24)28-20(29-19(16)25)31-15-8-11(22)9-26-17(15)14(30-31)7-10-5-3-4-6-12(10)23/h3-6,8-9,13,27H,2,7H2,1H3,(H,32,33)(H4,24,25,28,29). The molecule has 6 N–H and O–H groups in total. The van der Waals surface area contributed by atoms with Gasteiger partial charge in [0.1, 0.15) is 28.8 Å². The van der Waals surface area contributed by atoms with Crippen molar-refractivity contribution in [2.45, 2.75) is 25.8 Å². The summed E-state index contributed by atoms with van der Waals surface area (Å²) in [4.78, 5) is 23.7. The summed E-state index contributed by atoms with van der Waals surface area (Å²) in [5.74, 6) is -1.19. The Kier molecular flexibility index (Phi) is 5.73. The van der Waals surface area contributed by atoms with E-state index in [-0.39, 0.29) is 35.1 Å². The molecule has 3 heterocycles. The van der Waals surface area contributed by atoms with Crippen molar-refractivity contribution in [2.24, 2.45) is 0 Å². The van der Waals surface area contributed by atoms with Crippen LogP contribution in [0.5, 0.6) is 0 Å². The van der Waals surface area contributed by atoms with E-state index in [0.717, 1.165) is 6.20 Å². The first-order valence-electron chi connectivity index (χ1n) is 9.97. The van der Waals surface area contributed by atoms with Gasteiger partial charge in [0, 0.05) is 12.5 Å². The van der Waals surface area contributed by atoms with E-state index in [1.54, 1.807) is 25.1 Å². The zero-order valence-electron chi connectivity index (χ0n) is 17.5. The van der Waals surface area contributed by atoms with Gasteiger partial charge in [0.15, 0.2) is 0 Å². The number of nitrogens with one attached hydrogen (secondary N) is 1. The van der Waals surface area contributed by atoms with Gasteiger partial charge in [-0.3, -0.25) is 0 Å². The minimum absolute atomic E-state index is 0.0539. The van der Waals surface area contributed by atoms with Gasteiger partial charge in [0.2, 0.25) is 0 Å². The number of anilines is 2. The number of fused-ring (bicyclic) bond motifs is 1. The molecule has 1 unspecified atom stereocenters. The number of hydrogen-bond acceptors (Lipinski definition) is 7. The van der Waals surface area contributed by atoms with Crippen LogP contribution in [-0.2, 0) is 6.42 Å². The first-order chi connectivity index (χ1) is 15.8. The molecule has 0 aliphatic rings. The maximum absolute atomic E-state index is 14.2. The SMILES string of the molecule is CCC(NC(=O)O)c1c(N)nc(-n2nc(Cc3ccccc3F)c3ncc(F)cc32)nc1N. The third-order valence-electron chi connectivity index (χ3n) is 5.11. The van der Waals surface area contributed by atoms with E-state index in [1.165, 1.54) is 16.8 Å². The highest BCUT2D eigenvalue weighted by atomic mass is 19.1. The second-order valence-electron chi connectivity index (χ2n) is 7.27. The van der Waals surface area contributed by atoms with Crippen LogP contribution >= 0.6 is 0 Å². The van der Waals surface area contributed by atoms with Gasteiger partial charge in [-0.1, -0.05) is 25.1 Å². The van der Waals surface area contributed by atoms with Crippen molar-refractivity contribution in [3.05, 3.63) is 65.0 Å². The molecular formula is C21H20F2N8O2. The Morgan fingerprint density at radius 2 is 1.91 bits per heavy atom. The number of carboxylic acid groups (broad SMARTS) is 1. The highest BCUT2D eigenvalue weighted by Gasteiger charge is 2.23. The fourth-order valence-electron chi connectivity index (χ4n) is 3.60. The molecule has 0 bridgehead atoms. The average molecular weight is 454 g/mol. The lowest BCUT2D eigenvalue weighted by Gasteiger charge is -2.18. The van der Waals surface area contributed by atoms with E-state index in [0.29, 0.717) is 23.2 Å². The number of nitrogens with zero attached hydrogens (tertiary/aromatic N) is 5. The van der Waals surface area contributed by atoms with Crippen molar-refractivity contribution in [3.8, 4) is 5.95 Å². The molecule has 3 aromatic heterocycles. The van der Waals surface area contributed by atoms with Crippen LogP contribution in [0, 0.1) is 11.6 Å². The molecule has 0 radical (unpaired) electrons. The van der Waals surface area contributed by atoms with Crippen LogP contribution in [0.1, 0.15) is 36.2 Å². The summed E-state index contributed by atoms with van der Waals surface area (Å²) in [6, 6.07) is 6.70. The summed E-state index contributed by atoms with van der Waals surface area (Å²) < 4.78 is 29.4. The lowest BCUT2D eigenvalue weighted by atomic mass is 10.1. The number of hydrogen-bond donors (Lipinski definition) is 4. The van der Waals surface area contributed by atoms with Gasteiger partial charge in [0.05, 0.1) is 29.0 Å². The molecule has 0 aliphatic carbocycles. The van der Waals surface area contributed by atoms with Crippen molar-refractivity contribution in [3.63, 3.8) is 0 Å². The Hall–Kier alpha value is -4.35. The smallest absolute Gasteiger partial charge is 0.405 e. The Morgan fingerprint density at radius 1 is 1.21 bits per heavy atom. The van der Waals surface area contributed by atoms with Crippen molar-refractivity contribution >= 4 is 28.8 Å². The maximum Gasteiger partial charge on any atom is 0.405 e. The molecule has 1 atom stereocenters. The molecule has 0 saturated carbocycles.